The van der Waals surface area contributed by atoms with Gasteiger partial charge in [0.05, 0.1) is 5.52 Å². The molecule has 1 aromatic heterocycles. The van der Waals surface area contributed by atoms with Crippen LogP contribution in [0.2, 0.25) is 0 Å². The Morgan fingerprint density at radius 3 is 2.84 bits per heavy atom. The standard InChI is InChI=1S/C16H21N3/c1-2-19-11-8-13(9-12-19)18-16-7-3-6-15-14(16)5-4-10-17-15/h3-7,10,13,18H,2,8-9,11-12H2,1H3. The molecule has 0 unspecified atom stereocenters. The number of hydrogen-bond acceptors (Lipinski definition) is 3. The first-order valence-corrected chi connectivity index (χ1v) is 7.19. The molecule has 0 aliphatic carbocycles. The summed E-state index contributed by atoms with van der Waals surface area (Å²) in [6, 6.07) is 11.1. The lowest BCUT2D eigenvalue weighted by Gasteiger charge is -2.32. The first-order valence-electron chi connectivity index (χ1n) is 7.19. The number of piperidine rings is 1. The molecule has 1 saturated heterocycles. The van der Waals surface area contributed by atoms with Gasteiger partial charge < -0.3 is 10.2 Å². The predicted octanol–water partition coefficient (Wildman–Crippen LogP) is 3.13. The third-order valence-corrected chi connectivity index (χ3v) is 4.04. The molecule has 0 bridgehead atoms. The molecule has 1 fully saturated rings. The summed E-state index contributed by atoms with van der Waals surface area (Å²) in [5.41, 5.74) is 2.29. The van der Waals surface area contributed by atoms with Gasteiger partial charge in [0.15, 0.2) is 0 Å². The average Bonchev–Trinajstić information content (AvgIpc) is 2.48. The Bertz CT molecular complexity index is 539. The van der Waals surface area contributed by atoms with Gasteiger partial charge >= 0.3 is 0 Å². The van der Waals surface area contributed by atoms with Gasteiger partial charge in [0, 0.05) is 36.4 Å². The number of aromatic nitrogens is 1. The van der Waals surface area contributed by atoms with Crippen LogP contribution in [0, 0.1) is 0 Å². The van der Waals surface area contributed by atoms with Crippen LogP contribution in [0.15, 0.2) is 36.5 Å². The van der Waals surface area contributed by atoms with Gasteiger partial charge in [-0.25, -0.2) is 0 Å². The van der Waals surface area contributed by atoms with Crippen molar-refractivity contribution < 1.29 is 0 Å². The van der Waals surface area contributed by atoms with Crippen molar-refractivity contribution in [3.8, 4) is 0 Å². The monoisotopic (exact) mass is 255 g/mol. The lowest BCUT2D eigenvalue weighted by molar-refractivity contribution is 0.229. The minimum Gasteiger partial charge on any atom is -0.382 e. The van der Waals surface area contributed by atoms with Gasteiger partial charge in [-0.05, 0) is 43.7 Å². The summed E-state index contributed by atoms with van der Waals surface area (Å²) in [6.45, 7) is 5.82. The molecule has 1 N–H and O–H groups in total. The number of nitrogens with zero attached hydrogens (tertiary/aromatic N) is 2. The number of pyridine rings is 1. The van der Waals surface area contributed by atoms with Gasteiger partial charge in [0.2, 0.25) is 0 Å². The van der Waals surface area contributed by atoms with Crippen LogP contribution < -0.4 is 5.32 Å². The third kappa shape index (κ3) is 2.71. The van der Waals surface area contributed by atoms with Crippen LogP contribution >= 0.6 is 0 Å². The van der Waals surface area contributed by atoms with Crippen LogP contribution in [0.4, 0.5) is 5.69 Å². The van der Waals surface area contributed by atoms with E-state index in [1.165, 1.54) is 43.5 Å². The number of benzene rings is 1. The van der Waals surface area contributed by atoms with E-state index in [9.17, 15) is 0 Å². The van der Waals surface area contributed by atoms with Crippen LogP contribution in [-0.4, -0.2) is 35.6 Å². The van der Waals surface area contributed by atoms with Gasteiger partial charge in [-0.1, -0.05) is 13.0 Å². The van der Waals surface area contributed by atoms with E-state index in [0.717, 1.165) is 5.52 Å². The number of fused-ring (bicyclic) bond motifs is 1. The molecule has 2 heterocycles. The quantitative estimate of drug-likeness (QED) is 0.913. The summed E-state index contributed by atoms with van der Waals surface area (Å²) in [6.07, 6.45) is 4.31. The molecule has 3 rings (SSSR count). The highest BCUT2D eigenvalue weighted by molar-refractivity contribution is 5.91. The van der Waals surface area contributed by atoms with E-state index in [4.69, 9.17) is 0 Å². The fourth-order valence-corrected chi connectivity index (χ4v) is 2.84. The van der Waals surface area contributed by atoms with Crippen molar-refractivity contribution in [2.24, 2.45) is 0 Å². The van der Waals surface area contributed by atoms with E-state index < -0.39 is 0 Å². The molecule has 0 spiro atoms. The normalized spacial score (nSPS) is 17.7. The van der Waals surface area contributed by atoms with Crippen molar-refractivity contribution in [3.63, 3.8) is 0 Å². The molecule has 1 aliphatic rings. The molecular formula is C16H21N3. The Labute approximate surface area is 114 Å². The number of anilines is 1. The first-order chi connectivity index (χ1) is 9.36. The Morgan fingerprint density at radius 2 is 2.05 bits per heavy atom. The Morgan fingerprint density at radius 1 is 1.21 bits per heavy atom. The molecule has 0 amide bonds. The van der Waals surface area contributed by atoms with Crippen molar-refractivity contribution in [1.29, 1.82) is 0 Å². The summed E-state index contributed by atoms with van der Waals surface area (Å²) in [4.78, 5) is 6.93. The maximum absolute atomic E-state index is 4.41. The second-order valence-corrected chi connectivity index (χ2v) is 5.23. The first kappa shape index (κ1) is 12.4. The van der Waals surface area contributed by atoms with E-state index in [-0.39, 0.29) is 0 Å². The molecule has 1 aromatic carbocycles. The van der Waals surface area contributed by atoms with E-state index in [0.29, 0.717) is 6.04 Å². The van der Waals surface area contributed by atoms with Crippen LogP contribution in [-0.2, 0) is 0 Å². The molecular weight excluding hydrogens is 234 g/mol. The maximum Gasteiger partial charge on any atom is 0.0722 e. The van der Waals surface area contributed by atoms with Crippen LogP contribution in [0.5, 0.6) is 0 Å². The Kier molecular flexibility index (Phi) is 3.65. The topological polar surface area (TPSA) is 28.2 Å². The van der Waals surface area contributed by atoms with Gasteiger partial charge in [-0.15, -0.1) is 0 Å². The summed E-state index contributed by atoms with van der Waals surface area (Å²) >= 11 is 0. The summed E-state index contributed by atoms with van der Waals surface area (Å²) in [5.74, 6) is 0. The van der Waals surface area contributed by atoms with Crippen molar-refractivity contribution in [2.75, 3.05) is 25.0 Å². The SMILES string of the molecule is CCN1CCC(Nc2cccc3ncccc23)CC1. The summed E-state index contributed by atoms with van der Waals surface area (Å²) in [5, 5.41) is 4.93. The fourth-order valence-electron chi connectivity index (χ4n) is 2.84. The Balaban J connectivity index is 1.75. The largest absolute Gasteiger partial charge is 0.382 e. The highest BCUT2D eigenvalue weighted by atomic mass is 15.1. The lowest BCUT2D eigenvalue weighted by Crippen LogP contribution is -2.38. The molecule has 0 saturated carbocycles. The zero-order chi connectivity index (χ0) is 13.1. The molecule has 0 atom stereocenters. The molecule has 100 valence electrons. The average molecular weight is 255 g/mol. The molecule has 3 nitrogen and oxygen atoms in total. The van der Waals surface area contributed by atoms with Crippen LogP contribution in [0.25, 0.3) is 10.9 Å². The number of rotatable bonds is 3. The number of hydrogen-bond donors (Lipinski definition) is 1. The maximum atomic E-state index is 4.41. The summed E-state index contributed by atoms with van der Waals surface area (Å²) < 4.78 is 0. The third-order valence-electron chi connectivity index (χ3n) is 4.04. The number of nitrogens with one attached hydrogen (secondary N) is 1. The van der Waals surface area contributed by atoms with Gasteiger partial charge in [0.25, 0.3) is 0 Å². The molecule has 2 aromatic rings. The van der Waals surface area contributed by atoms with Crippen molar-refractivity contribution >= 4 is 16.6 Å². The second kappa shape index (κ2) is 5.57. The highest BCUT2D eigenvalue weighted by Crippen LogP contribution is 2.24. The molecule has 19 heavy (non-hydrogen) atoms. The van der Waals surface area contributed by atoms with Crippen LogP contribution in [0.3, 0.4) is 0 Å². The highest BCUT2D eigenvalue weighted by Gasteiger charge is 2.18. The fraction of sp³-hybridized carbons (Fsp3) is 0.438. The molecule has 1 aliphatic heterocycles. The Hall–Kier alpha value is -1.61. The van der Waals surface area contributed by atoms with E-state index in [1.54, 1.807) is 0 Å². The van der Waals surface area contributed by atoms with E-state index in [2.05, 4.69) is 46.4 Å². The molecule has 3 heteroatoms. The lowest BCUT2D eigenvalue weighted by atomic mass is 10.0. The van der Waals surface area contributed by atoms with E-state index in [1.807, 2.05) is 12.3 Å². The minimum atomic E-state index is 0.591. The van der Waals surface area contributed by atoms with Crippen molar-refractivity contribution in [3.05, 3.63) is 36.5 Å². The zero-order valence-corrected chi connectivity index (χ0v) is 11.5. The van der Waals surface area contributed by atoms with E-state index >= 15 is 0 Å². The molecule has 0 radical (unpaired) electrons. The van der Waals surface area contributed by atoms with Crippen LogP contribution in [0.1, 0.15) is 19.8 Å². The zero-order valence-electron chi connectivity index (χ0n) is 11.5. The van der Waals surface area contributed by atoms with Crippen molar-refractivity contribution in [2.45, 2.75) is 25.8 Å². The van der Waals surface area contributed by atoms with Gasteiger partial charge in [-0.3, -0.25) is 4.98 Å². The minimum absolute atomic E-state index is 0.591. The predicted molar refractivity (Wildman–Crippen MR) is 80.5 cm³/mol. The number of likely N-dealkylation sites (tertiary alicyclic amines) is 1. The second-order valence-electron chi connectivity index (χ2n) is 5.23. The van der Waals surface area contributed by atoms with Gasteiger partial charge in [-0.2, -0.15) is 0 Å². The van der Waals surface area contributed by atoms with Gasteiger partial charge in [0.1, 0.15) is 0 Å². The summed E-state index contributed by atoms with van der Waals surface area (Å²) in [7, 11) is 0. The van der Waals surface area contributed by atoms with Crippen molar-refractivity contribution in [1.82, 2.24) is 9.88 Å². The smallest absolute Gasteiger partial charge is 0.0722 e.